The summed E-state index contributed by atoms with van der Waals surface area (Å²) in [6.07, 6.45) is 5.87. The summed E-state index contributed by atoms with van der Waals surface area (Å²) in [7, 11) is 0. The fourth-order valence-electron chi connectivity index (χ4n) is 2.95. The quantitative estimate of drug-likeness (QED) is 0.443. The average Bonchev–Trinajstić information content (AvgIpc) is 2.56. The highest BCUT2D eigenvalue weighted by Gasteiger charge is 2.54. The van der Waals surface area contributed by atoms with Gasteiger partial charge < -0.3 is 14.8 Å². The second-order valence-corrected chi connectivity index (χ2v) is 8.41. The van der Waals surface area contributed by atoms with Crippen LogP contribution in [-0.2, 0) is 19.1 Å². The van der Waals surface area contributed by atoms with E-state index in [1.54, 1.807) is 41.5 Å². The molecule has 1 N–H and O–H groups in total. The molecule has 7 heteroatoms. The summed E-state index contributed by atoms with van der Waals surface area (Å²) >= 11 is 0. The molecule has 2 rings (SSSR count). The number of hydrogen-bond donors (Lipinski definition) is 1. The van der Waals surface area contributed by atoms with E-state index in [2.05, 4.69) is 11.2 Å². The second-order valence-electron chi connectivity index (χ2n) is 8.41. The lowest BCUT2D eigenvalue weighted by molar-refractivity contribution is -0.161. The number of terminal acetylenes is 1. The van der Waals surface area contributed by atoms with Crippen LogP contribution in [-0.4, -0.2) is 46.2 Å². The highest BCUT2D eigenvalue weighted by molar-refractivity contribution is 6.02. The molecular weight excluding hydrogens is 360 g/mol. The summed E-state index contributed by atoms with van der Waals surface area (Å²) in [4.78, 5) is 38.4. The topological polar surface area (TPSA) is 84.9 Å². The Morgan fingerprint density at radius 1 is 1.11 bits per heavy atom. The van der Waals surface area contributed by atoms with Crippen LogP contribution in [0, 0.1) is 12.3 Å². The highest BCUT2D eigenvalue weighted by atomic mass is 16.6. The Labute approximate surface area is 167 Å². The standard InChI is InChI=1S/C19H26N2O5.C2H6/c1-8-11-9-10-12-13(20-17(24)26-19(5,6)7)15(22)21(12)14(11)16(23)25-18(2,3)4;1-2/h1,12-13H,9-10H2,2-7H3,(H,20,24);1-2H3. The molecule has 0 radical (unpaired) electrons. The molecule has 1 fully saturated rings. The SMILES string of the molecule is C#CC1=C(C(=O)OC(C)(C)C)N2C(=O)C(NC(=O)OC(C)(C)C)C2CC1.CC. The van der Waals surface area contributed by atoms with Crippen LogP contribution in [0.25, 0.3) is 0 Å². The zero-order valence-electron chi connectivity index (χ0n) is 18.1. The lowest BCUT2D eigenvalue weighted by Crippen LogP contribution is -2.72. The average molecular weight is 392 g/mol. The van der Waals surface area contributed by atoms with Crippen LogP contribution in [0.3, 0.4) is 0 Å². The van der Waals surface area contributed by atoms with Crippen LogP contribution in [0.15, 0.2) is 11.3 Å². The van der Waals surface area contributed by atoms with Gasteiger partial charge in [-0.25, -0.2) is 9.59 Å². The molecule has 0 aromatic heterocycles. The van der Waals surface area contributed by atoms with Gasteiger partial charge in [-0.05, 0) is 54.4 Å². The molecule has 0 aromatic carbocycles. The van der Waals surface area contributed by atoms with Crippen LogP contribution in [0.1, 0.15) is 68.2 Å². The van der Waals surface area contributed by atoms with E-state index < -0.39 is 35.2 Å². The first kappa shape index (κ1) is 23.5. The van der Waals surface area contributed by atoms with Crippen LogP contribution in [0.2, 0.25) is 0 Å². The molecule has 2 aliphatic rings. The number of carbonyl (C=O) groups excluding carboxylic acids is 3. The van der Waals surface area contributed by atoms with Crippen molar-refractivity contribution in [1.29, 1.82) is 0 Å². The number of β-lactam (4-membered cyclic amide) rings is 1. The first-order valence-electron chi connectivity index (χ1n) is 9.60. The maximum Gasteiger partial charge on any atom is 0.408 e. The van der Waals surface area contributed by atoms with Gasteiger partial charge in [0, 0.05) is 5.57 Å². The Morgan fingerprint density at radius 3 is 2.11 bits per heavy atom. The van der Waals surface area contributed by atoms with E-state index >= 15 is 0 Å². The summed E-state index contributed by atoms with van der Waals surface area (Å²) in [6, 6.07) is -1.07. The molecule has 2 amide bonds. The van der Waals surface area contributed by atoms with Gasteiger partial charge in [-0.1, -0.05) is 19.8 Å². The van der Waals surface area contributed by atoms with E-state index in [-0.39, 0.29) is 11.7 Å². The van der Waals surface area contributed by atoms with Gasteiger partial charge in [-0.3, -0.25) is 9.69 Å². The third kappa shape index (κ3) is 5.51. The van der Waals surface area contributed by atoms with Crippen LogP contribution in [0.4, 0.5) is 4.79 Å². The van der Waals surface area contributed by atoms with Gasteiger partial charge in [0.25, 0.3) is 5.91 Å². The van der Waals surface area contributed by atoms with E-state index in [4.69, 9.17) is 15.9 Å². The van der Waals surface area contributed by atoms with Crippen molar-refractivity contribution in [3.8, 4) is 12.3 Å². The summed E-state index contributed by atoms with van der Waals surface area (Å²) < 4.78 is 10.6. The zero-order valence-corrected chi connectivity index (χ0v) is 18.1. The Kier molecular flexibility index (Phi) is 7.30. The van der Waals surface area contributed by atoms with E-state index in [0.717, 1.165) is 0 Å². The molecule has 0 spiro atoms. The number of alkyl carbamates (subject to hydrolysis) is 1. The molecule has 0 bridgehead atoms. The highest BCUT2D eigenvalue weighted by Crippen LogP contribution is 2.37. The predicted octanol–water partition coefficient (Wildman–Crippen LogP) is 3.14. The molecule has 2 atom stereocenters. The number of rotatable bonds is 2. The van der Waals surface area contributed by atoms with Crippen molar-refractivity contribution >= 4 is 18.0 Å². The summed E-state index contributed by atoms with van der Waals surface area (Å²) in [5, 5.41) is 2.58. The minimum Gasteiger partial charge on any atom is -0.455 e. The van der Waals surface area contributed by atoms with Gasteiger partial charge in [0.15, 0.2) is 0 Å². The number of hydrogen-bond acceptors (Lipinski definition) is 5. The number of nitrogens with one attached hydrogen (secondary N) is 1. The van der Waals surface area contributed by atoms with Crippen molar-refractivity contribution in [2.75, 3.05) is 0 Å². The molecule has 0 saturated carbocycles. The van der Waals surface area contributed by atoms with Crippen molar-refractivity contribution < 1.29 is 23.9 Å². The lowest BCUT2D eigenvalue weighted by Gasteiger charge is -2.50. The van der Waals surface area contributed by atoms with E-state index in [1.165, 1.54) is 4.90 Å². The predicted molar refractivity (Wildman–Crippen MR) is 106 cm³/mol. The molecular formula is C21H32N2O5. The van der Waals surface area contributed by atoms with Crippen molar-refractivity contribution in [2.24, 2.45) is 0 Å². The lowest BCUT2D eigenvalue weighted by atomic mass is 9.83. The van der Waals surface area contributed by atoms with E-state index in [0.29, 0.717) is 18.4 Å². The third-order valence-corrected chi connectivity index (χ3v) is 3.88. The molecule has 2 unspecified atom stereocenters. The maximum absolute atomic E-state index is 12.6. The van der Waals surface area contributed by atoms with Crippen LogP contribution in [0.5, 0.6) is 0 Å². The van der Waals surface area contributed by atoms with E-state index in [1.807, 2.05) is 13.8 Å². The van der Waals surface area contributed by atoms with Crippen molar-refractivity contribution in [2.45, 2.75) is 91.5 Å². The smallest absolute Gasteiger partial charge is 0.408 e. The van der Waals surface area contributed by atoms with Crippen molar-refractivity contribution in [1.82, 2.24) is 10.2 Å². The first-order chi connectivity index (χ1) is 12.8. The minimum atomic E-state index is -0.735. The fourth-order valence-corrected chi connectivity index (χ4v) is 2.95. The Balaban J connectivity index is 0.00000190. The largest absolute Gasteiger partial charge is 0.455 e. The molecule has 0 aromatic rings. The number of fused-ring (bicyclic) bond motifs is 1. The molecule has 2 aliphatic heterocycles. The van der Waals surface area contributed by atoms with Crippen molar-refractivity contribution in [3.63, 3.8) is 0 Å². The minimum absolute atomic E-state index is 0.103. The van der Waals surface area contributed by atoms with Crippen LogP contribution >= 0.6 is 0 Å². The Morgan fingerprint density at radius 2 is 1.64 bits per heavy atom. The van der Waals surface area contributed by atoms with Gasteiger partial charge in [0.05, 0.1) is 6.04 Å². The van der Waals surface area contributed by atoms with Gasteiger partial charge in [-0.15, -0.1) is 6.42 Å². The summed E-state index contributed by atoms with van der Waals surface area (Å²) in [6.45, 7) is 14.4. The number of ether oxygens (including phenoxy) is 2. The van der Waals surface area contributed by atoms with Gasteiger partial charge in [0.1, 0.15) is 22.9 Å². The molecule has 156 valence electrons. The normalized spacial score (nSPS) is 21.4. The van der Waals surface area contributed by atoms with Gasteiger partial charge >= 0.3 is 12.1 Å². The second kappa shape index (κ2) is 8.68. The summed E-state index contributed by atoms with van der Waals surface area (Å²) in [5.74, 6) is 1.47. The Hall–Kier alpha value is -2.49. The number of nitrogens with zero attached hydrogens (tertiary/aromatic N) is 1. The van der Waals surface area contributed by atoms with Gasteiger partial charge in [-0.2, -0.15) is 0 Å². The fraction of sp³-hybridized carbons (Fsp3) is 0.667. The molecule has 0 aliphatic carbocycles. The number of allylic oxidation sites excluding steroid dienone is 1. The molecule has 2 heterocycles. The molecule has 1 saturated heterocycles. The first-order valence-corrected chi connectivity index (χ1v) is 9.60. The third-order valence-electron chi connectivity index (χ3n) is 3.88. The summed E-state index contributed by atoms with van der Waals surface area (Å²) in [5.41, 5.74) is -0.828. The zero-order chi connectivity index (χ0) is 21.9. The maximum atomic E-state index is 12.6. The van der Waals surface area contributed by atoms with Crippen LogP contribution < -0.4 is 5.32 Å². The Bertz CT molecular complexity index is 704. The molecule has 7 nitrogen and oxygen atoms in total. The number of esters is 1. The number of amides is 2. The van der Waals surface area contributed by atoms with Gasteiger partial charge in [0.2, 0.25) is 0 Å². The number of carbonyl (C=O) groups is 3. The molecule has 28 heavy (non-hydrogen) atoms. The van der Waals surface area contributed by atoms with Crippen molar-refractivity contribution in [3.05, 3.63) is 11.3 Å². The monoisotopic (exact) mass is 392 g/mol. The van der Waals surface area contributed by atoms with E-state index in [9.17, 15) is 14.4 Å².